The van der Waals surface area contributed by atoms with Crippen LogP contribution in [0.5, 0.6) is 0 Å². The Morgan fingerprint density at radius 2 is 1.14 bits per heavy atom. The van der Waals surface area contributed by atoms with Gasteiger partial charge >= 0.3 is 0 Å². The van der Waals surface area contributed by atoms with Crippen molar-refractivity contribution >= 4 is 77.0 Å². The van der Waals surface area contributed by atoms with Crippen molar-refractivity contribution in [2.45, 2.75) is 6.17 Å². The lowest BCUT2D eigenvalue weighted by molar-refractivity contribution is 0.666. The molecule has 1 unspecified atom stereocenters. The predicted molar refractivity (Wildman–Crippen MR) is 240 cm³/mol. The molecule has 0 radical (unpaired) electrons. The van der Waals surface area contributed by atoms with E-state index in [9.17, 15) is 0 Å². The van der Waals surface area contributed by atoms with E-state index in [1.807, 2.05) is 12.1 Å². The summed E-state index contributed by atoms with van der Waals surface area (Å²) in [5.74, 6) is 1.40. The maximum Gasteiger partial charge on any atom is 0.160 e. The number of furan rings is 1. The average molecular weight is 743 g/mol. The molecule has 0 bridgehead atoms. The van der Waals surface area contributed by atoms with E-state index in [4.69, 9.17) is 14.4 Å². The van der Waals surface area contributed by atoms with E-state index >= 15 is 0 Å². The number of hydrogen-bond donors (Lipinski definition) is 1. The number of nitrogens with one attached hydrogen (secondary N) is 1. The zero-order valence-corrected chi connectivity index (χ0v) is 31.3. The van der Waals surface area contributed by atoms with E-state index in [-0.39, 0.29) is 6.17 Å². The lowest BCUT2D eigenvalue weighted by atomic mass is 10.0. The molecular weight excluding hydrogens is 709 g/mol. The number of benzene rings is 9. The van der Waals surface area contributed by atoms with Gasteiger partial charge in [-0.2, -0.15) is 0 Å². The Morgan fingerprint density at radius 3 is 1.98 bits per heavy atom. The minimum Gasteiger partial charge on any atom is -0.456 e. The van der Waals surface area contributed by atoms with Gasteiger partial charge in [-0.25, -0.2) is 9.98 Å². The van der Waals surface area contributed by atoms with Crippen molar-refractivity contribution in [1.29, 1.82) is 0 Å². The van der Waals surface area contributed by atoms with Gasteiger partial charge in [0.05, 0.1) is 22.1 Å². The number of fused-ring (bicyclic) bond motifs is 8. The number of aliphatic imine (C=N–C) groups is 2. The third kappa shape index (κ3) is 5.17. The lowest BCUT2D eigenvalue weighted by Crippen LogP contribution is -2.33. The van der Waals surface area contributed by atoms with Crippen LogP contribution in [0.2, 0.25) is 0 Å². The van der Waals surface area contributed by atoms with E-state index in [1.54, 1.807) is 0 Å². The molecule has 3 heterocycles. The second kappa shape index (κ2) is 12.9. The summed E-state index contributed by atoms with van der Waals surface area (Å²) in [7, 11) is 0. The molecule has 1 aliphatic rings. The minimum atomic E-state index is -0.388. The third-order valence-electron chi connectivity index (χ3n) is 11.6. The highest BCUT2D eigenvalue weighted by Crippen LogP contribution is 2.41. The van der Waals surface area contributed by atoms with Crippen molar-refractivity contribution < 1.29 is 4.42 Å². The molecular formula is C53H34N4O. The molecule has 0 fully saturated rings. The van der Waals surface area contributed by atoms with Crippen molar-refractivity contribution in [2.75, 3.05) is 0 Å². The molecule has 1 atom stereocenters. The van der Waals surface area contributed by atoms with Crippen LogP contribution in [0.4, 0.5) is 0 Å². The average Bonchev–Trinajstić information content (AvgIpc) is 3.83. The fourth-order valence-corrected chi connectivity index (χ4v) is 8.86. The van der Waals surface area contributed by atoms with Gasteiger partial charge < -0.3 is 14.3 Å². The topological polar surface area (TPSA) is 54.8 Å². The third-order valence-corrected chi connectivity index (χ3v) is 11.6. The van der Waals surface area contributed by atoms with Gasteiger partial charge in [0.15, 0.2) is 5.84 Å². The summed E-state index contributed by atoms with van der Waals surface area (Å²) in [6.45, 7) is 0. The maximum atomic E-state index is 6.73. The molecule has 5 heteroatoms. The second-order valence-electron chi connectivity index (χ2n) is 15.0. The van der Waals surface area contributed by atoms with Gasteiger partial charge in [-0.15, -0.1) is 0 Å². The first-order chi connectivity index (χ1) is 28.7. The Hall–Kier alpha value is -7.76. The molecule has 2 aromatic heterocycles. The van der Waals surface area contributed by atoms with Crippen LogP contribution in [0.25, 0.3) is 82.1 Å². The monoisotopic (exact) mass is 742 g/mol. The molecule has 0 spiro atoms. The van der Waals surface area contributed by atoms with Crippen molar-refractivity contribution in [1.82, 2.24) is 9.88 Å². The van der Waals surface area contributed by atoms with Gasteiger partial charge in [0.2, 0.25) is 0 Å². The van der Waals surface area contributed by atoms with Crippen molar-refractivity contribution in [3.8, 4) is 16.8 Å². The van der Waals surface area contributed by atoms with Crippen molar-refractivity contribution in [3.63, 3.8) is 0 Å². The maximum absolute atomic E-state index is 6.73. The number of nitrogens with zero attached hydrogens (tertiary/aromatic N) is 3. The molecule has 12 rings (SSSR count). The lowest BCUT2D eigenvalue weighted by Gasteiger charge is -2.25. The van der Waals surface area contributed by atoms with E-state index in [2.05, 4.69) is 192 Å². The van der Waals surface area contributed by atoms with Gasteiger partial charge in [-0.05, 0) is 74.6 Å². The highest BCUT2D eigenvalue weighted by molar-refractivity contribution is 6.21. The largest absolute Gasteiger partial charge is 0.456 e. The van der Waals surface area contributed by atoms with Gasteiger partial charge in [-0.1, -0.05) is 158 Å². The fraction of sp³-hybridized carbons (Fsp3) is 0.0189. The van der Waals surface area contributed by atoms with E-state index < -0.39 is 0 Å². The Labute approximate surface area is 333 Å². The highest BCUT2D eigenvalue weighted by Gasteiger charge is 2.25. The number of aromatic nitrogens is 1. The number of amidine groups is 2. The highest BCUT2D eigenvalue weighted by atomic mass is 16.3. The van der Waals surface area contributed by atoms with Crippen molar-refractivity contribution in [2.24, 2.45) is 9.98 Å². The molecule has 0 saturated heterocycles. The van der Waals surface area contributed by atoms with Gasteiger partial charge in [0, 0.05) is 27.3 Å². The molecule has 5 nitrogen and oxygen atoms in total. The molecule has 272 valence electrons. The molecule has 1 aliphatic heterocycles. The first-order valence-corrected chi connectivity index (χ1v) is 19.7. The standard InChI is InChI=1S/C53H34N4O/c1-2-13-33(14-3-1)34-25-27-36(28-26-34)51-54-52(56-53(55-51)42-22-12-18-35-15-6-7-19-40(35)42)39-31-47(50-43-21-9-11-24-48(43)58-49(50)32-39)57-45-23-10-8-20-41(45)44-29-37-16-4-5-17-38(37)30-46(44)57/h1-32,51H,(H,54,55,56). The van der Waals surface area contributed by atoms with Crippen LogP contribution in [0, 0.1) is 0 Å². The Kier molecular flexibility index (Phi) is 7.23. The molecule has 11 aromatic rings. The summed E-state index contributed by atoms with van der Waals surface area (Å²) in [5, 5.41) is 13.0. The first-order valence-electron chi connectivity index (χ1n) is 19.7. The summed E-state index contributed by atoms with van der Waals surface area (Å²) in [5.41, 5.74) is 10.2. The van der Waals surface area contributed by atoms with E-state index in [1.165, 1.54) is 27.1 Å². The van der Waals surface area contributed by atoms with Crippen LogP contribution >= 0.6 is 0 Å². The summed E-state index contributed by atoms with van der Waals surface area (Å²) in [6, 6.07) is 68.6. The first kappa shape index (κ1) is 32.5. The van der Waals surface area contributed by atoms with Crippen LogP contribution < -0.4 is 5.32 Å². The fourth-order valence-electron chi connectivity index (χ4n) is 8.86. The number of para-hydroxylation sites is 2. The second-order valence-corrected chi connectivity index (χ2v) is 15.0. The zero-order chi connectivity index (χ0) is 38.2. The minimum absolute atomic E-state index is 0.388. The summed E-state index contributed by atoms with van der Waals surface area (Å²) >= 11 is 0. The number of rotatable bonds is 5. The number of hydrogen-bond acceptors (Lipinski definition) is 4. The molecule has 0 aliphatic carbocycles. The van der Waals surface area contributed by atoms with Crippen LogP contribution in [-0.2, 0) is 0 Å². The van der Waals surface area contributed by atoms with Crippen LogP contribution in [0.3, 0.4) is 0 Å². The van der Waals surface area contributed by atoms with Crippen molar-refractivity contribution in [3.05, 3.63) is 211 Å². The Bertz CT molecular complexity index is 3480. The Balaban J connectivity index is 1.10. The van der Waals surface area contributed by atoms with Crippen LogP contribution in [0.1, 0.15) is 22.9 Å². The summed E-state index contributed by atoms with van der Waals surface area (Å²) in [6.07, 6.45) is -0.388. The SMILES string of the molecule is c1ccc(-c2ccc(C3N=C(c4cccc5ccccc45)N=C(c4cc(-n5c6ccccc6c6cc7ccccc7cc65)c5c(c4)oc4ccccc45)N3)cc2)cc1. The predicted octanol–water partition coefficient (Wildman–Crippen LogP) is 13.2. The van der Waals surface area contributed by atoms with Crippen LogP contribution in [0.15, 0.2) is 209 Å². The quantitative estimate of drug-likeness (QED) is 0.191. The van der Waals surface area contributed by atoms with Crippen LogP contribution in [-0.4, -0.2) is 16.2 Å². The van der Waals surface area contributed by atoms with Gasteiger partial charge in [0.1, 0.15) is 23.2 Å². The van der Waals surface area contributed by atoms with E-state index in [0.29, 0.717) is 5.84 Å². The normalized spacial score (nSPS) is 14.4. The molecule has 1 N–H and O–H groups in total. The van der Waals surface area contributed by atoms with E-state index in [0.717, 1.165) is 77.5 Å². The molecule has 0 saturated carbocycles. The molecule has 9 aromatic carbocycles. The smallest absolute Gasteiger partial charge is 0.160 e. The molecule has 0 amide bonds. The van der Waals surface area contributed by atoms with Gasteiger partial charge in [0.25, 0.3) is 0 Å². The van der Waals surface area contributed by atoms with Gasteiger partial charge in [-0.3, -0.25) is 0 Å². The summed E-state index contributed by atoms with van der Waals surface area (Å²) in [4.78, 5) is 10.7. The summed E-state index contributed by atoms with van der Waals surface area (Å²) < 4.78 is 9.14. The molecule has 58 heavy (non-hydrogen) atoms. The Morgan fingerprint density at radius 1 is 0.466 bits per heavy atom. The zero-order valence-electron chi connectivity index (χ0n) is 31.3.